The molecule has 1 N–H and O–H groups in total. The van der Waals surface area contributed by atoms with Gasteiger partial charge in [0.1, 0.15) is 5.75 Å². The number of hydrogen-bond acceptors (Lipinski definition) is 6. The average Bonchev–Trinajstić information content (AvgIpc) is 3.11. The van der Waals surface area contributed by atoms with Crippen LogP contribution in [0.3, 0.4) is 0 Å². The number of rotatable bonds is 4. The molecular weight excluding hydrogens is 304 g/mol. The highest BCUT2D eigenvalue weighted by atomic mass is 16.5. The van der Waals surface area contributed by atoms with Crippen molar-refractivity contribution in [2.75, 3.05) is 44.2 Å². The van der Waals surface area contributed by atoms with Crippen LogP contribution in [0.15, 0.2) is 36.7 Å². The number of fused-ring (bicyclic) bond motifs is 1. The average molecular weight is 326 g/mol. The van der Waals surface area contributed by atoms with Crippen molar-refractivity contribution in [1.29, 1.82) is 0 Å². The number of aromatic nitrogens is 2. The van der Waals surface area contributed by atoms with Crippen LogP contribution >= 0.6 is 0 Å². The van der Waals surface area contributed by atoms with Crippen molar-refractivity contribution >= 4 is 5.95 Å². The summed E-state index contributed by atoms with van der Waals surface area (Å²) in [5, 5.41) is 10.6. The third-order valence-corrected chi connectivity index (χ3v) is 4.74. The Kier molecular flexibility index (Phi) is 4.32. The second-order valence-electron chi connectivity index (χ2n) is 6.32. The maximum atomic E-state index is 10.6. The lowest BCUT2D eigenvalue weighted by Crippen LogP contribution is -2.48. The van der Waals surface area contributed by atoms with Crippen LogP contribution in [0.25, 0.3) is 0 Å². The Balaban J connectivity index is 1.33. The second kappa shape index (κ2) is 6.75. The Morgan fingerprint density at radius 2 is 1.92 bits per heavy atom. The first-order valence-corrected chi connectivity index (χ1v) is 8.47. The number of hydrogen-bond donors (Lipinski definition) is 1. The summed E-state index contributed by atoms with van der Waals surface area (Å²) >= 11 is 0. The molecule has 2 aliphatic heterocycles. The summed E-state index contributed by atoms with van der Waals surface area (Å²) in [6.07, 6.45) is 4.02. The van der Waals surface area contributed by atoms with Crippen molar-refractivity contribution < 1.29 is 9.84 Å². The van der Waals surface area contributed by atoms with Gasteiger partial charge in [0.05, 0.1) is 12.7 Å². The minimum atomic E-state index is -0.463. The van der Waals surface area contributed by atoms with E-state index >= 15 is 0 Å². The van der Waals surface area contributed by atoms with Crippen LogP contribution in [0.2, 0.25) is 0 Å². The Bertz CT molecular complexity index is 687. The molecule has 6 nitrogen and oxygen atoms in total. The van der Waals surface area contributed by atoms with E-state index in [0.29, 0.717) is 6.54 Å². The summed E-state index contributed by atoms with van der Waals surface area (Å²) in [6, 6.07) is 7.87. The molecule has 0 spiro atoms. The van der Waals surface area contributed by atoms with Crippen LogP contribution < -0.4 is 9.64 Å². The molecule has 4 rings (SSSR count). The zero-order valence-electron chi connectivity index (χ0n) is 13.6. The third-order valence-electron chi connectivity index (χ3n) is 4.74. The molecule has 6 heteroatoms. The molecule has 24 heavy (non-hydrogen) atoms. The van der Waals surface area contributed by atoms with Crippen LogP contribution in [0.4, 0.5) is 5.95 Å². The number of aliphatic hydroxyl groups is 1. The van der Waals surface area contributed by atoms with Gasteiger partial charge in [-0.15, -0.1) is 0 Å². The predicted octanol–water partition coefficient (Wildman–Crippen LogP) is 1.27. The third kappa shape index (κ3) is 3.20. The lowest BCUT2D eigenvalue weighted by Gasteiger charge is -2.35. The fourth-order valence-corrected chi connectivity index (χ4v) is 3.35. The summed E-state index contributed by atoms with van der Waals surface area (Å²) in [5.74, 6) is 1.75. The van der Waals surface area contributed by atoms with Crippen LogP contribution in [0.1, 0.15) is 17.2 Å². The van der Waals surface area contributed by atoms with Gasteiger partial charge in [0.15, 0.2) is 0 Å². The van der Waals surface area contributed by atoms with Crippen molar-refractivity contribution in [1.82, 2.24) is 14.9 Å². The van der Waals surface area contributed by atoms with E-state index in [1.54, 1.807) is 12.4 Å². The van der Waals surface area contributed by atoms with Gasteiger partial charge in [0.25, 0.3) is 0 Å². The fourth-order valence-electron chi connectivity index (χ4n) is 3.35. The van der Waals surface area contributed by atoms with Crippen LogP contribution in [0.5, 0.6) is 5.75 Å². The van der Waals surface area contributed by atoms with E-state index in [2.05, 4.69) is 25.8 Å². The molecule has 0 amide bonds. The molecule has 0 bridgehead atoms. The molecule has 0 radical (unpaired) electrons. The summed E-state index contributed by atoms with van der Waals surface area (Å²) < 4.78 is 5.53. The monoisotopic (exact) mass is 326 g/mol. The Morgan fingerprint density at radius 1 is 1.12 bits per heavy atom. The Morgan fingerprint density at radius 3 is 2.71 bits per heavy atom. The molecule has 126 valence electrons. The molecule has 2 aliphatic rings. The van der Waals surface area contributed by atoms with Crippen molar-refractivity contribution in [2.24, 2.45) is 0 Å². The Hall–Kier alpha value is -2.18. The quantitative estimate of drug-likeness (QED) is 0.913. The maximum Gasteiger partial charge on any atom is 0.225 e. The van der Waals surface area contributed by atoms with Gasteiger partial charge in [0.2, 0.25) is 5.95 Å². The van der Waals surface area contributed by atoms with Crippen LogP contribution in [-0.2, 0) is 6.42 Å². The number of nitrogens with zero attached hydrogens (tertiary/aromatic N) is 4. The lowest BCUT2D eigenvalue weighted by atomic mass is 10.0. The van der Waals surface area contributed by atoms with Crippen LogP contribution in [0, 0.1) is 0 Å². The van der Waals surface area contributed by atoms with Crippen molar-refractivity contribution in [2.45, 2.75) is 12.5 Å². The standard InChI is InChI=1S/C18H22N4O2/c23-16(14-2-3-17-15(12-14)4-11-24-17)13-21-7-9-22(10-8-21)18-19-5-1-6-20-18/h1-3,5-6,12,16,23H,4,7-11,13H2. The first-order chi connectivity index (χ1) is 11.8. The van der Waals surface area contributed by atoms with Gasteiger partial charge in [0, 0.05) is 51.5 Å². The zero-order chi connectivity index (χ0) is 16.4. The van der Waals surface area contributed by atoms with Gasteiger partial charge in [-0.3, -0.25) is 4.90 Å². The zero-order valence-corrected chi connectivity index (χ0v) is 13.6. The molecule has 0 saturated carbocycles. The minimum Gasteiger partial charge on any atom is -0.493 e. The summed E-state index contributed by atoms with van der Waals surface area (Å²) in [6.45, 7) is 4.98. The number of ether oxygens (including phenoxy) is 1. The molecule has 0 aliphatic carbocycles. The highest BCUT2D eigenvalue weighted by molar-refractivity contribution is 5.40. The Labute approximate surface area is 141 Å². The van der Waals surface area contributed by atoms with E-state index in [-0.39, 0.29) is 0 Å². The second-order valence-corrected chi connectivity index (χ2v) is 6.32. The first-order valence-electron chi connectivity index (χ1n) is 8.47. The van der Waals surface area contributed by atoms with Gasteiger partial charge in [-0.25, -0.2) is 9.97 Å². The van der Waals surface area contributed by atoms with Gasteiger partial charge in [-0.1, -0.05) is 6.07 Å². The van der Waals surface area contributed by atoms with Crippen molar-refractivity contribution in [3.63, 3.8) is 0 Å². The van der Waals surface area contributed by atoms with Crippen LogP contribution in [-0.4, -0.2) is 59.3 Å². The SMILES string of the molecule is OC(CN1CCN(c2ncccn2)CC1)c1ccc2c(c1)CCO2. The minimum absolute atomic E-state index is 0.463. The number of benzene rings is 1. The highest BCUT2D eigenvalue weighted by Gasteiger charge is 2.22. The number of aliphatic hydroxyl groups excluding tert-OH is 1. The molecule has 1 atom stereocenters. The first kappa shape index (κ1) is 15.4. The number of anilines is 1. The summed E-state index contributed by atoms with van der Waals surface area (Å²) in [5.41, 5.74) is 2.19. The largest absolute Gasteiger partial charge is 0.493 e. The van der Waals surface area contributed by atoms with E-state index in [4.69, 9.17) is 4.74 Å². The normalized spacial score (nSPS) is 19.0. The molecular formula is C18H22N4O2. The van der Waals surface area contributed by atoms with E-state index in [1.165, 1.54) is 5.56 Å². The van der Waals surface area contributed by atoms with Crippen molar-refractivity contribution in [3.05, 3.63) is 47.8 Å². The number of piperazine rings is 1. The van der Waals surface area contributed by atoms with E-state index in [0.717, 1.165) is 56.5 Å². The van der Waals surface area contributed by atoms with Gasteiger partial charge in [-0.05, 0) is 29.3 Å². The molecule has 1 aromatic carbocycles. The smallest absolute Gasteiger partial charge is 0.225 e. The lowest BCUT2D eigenvalue weighted by molar-refractivity contribution is 0.109. The molecule has 3 heterocycles. The summed E-state index contributed by atoms with van der Waals surface area (Å²) in [4.78, 5) is 13.1. The van der Waals surface area contributed by atoms with Gasteiger partial charge >= 0.3 is 0 Å². The molecule has 1 saturated heterocycles. The van der Waals surface area contributed by atoms with E-state index in [1.807, 2.05) is 18.2 Å². The summed E-state index contributed by atoms with van der Waals surface area (Å²) in [7, 11) is 0. The molecule has 1 unspecified atom stereocenters. The van der Waals surface area contributed by atoms with Crippen molar-refractivity contribution in [3.8, 4) is 5.75 Å². The molecule has 1 aromatic heterocycles. The number of β-amino-alcohol motifs (C(OH)–C–C–N with tert-alkyl or cyclic N) is 1. The highest BCUT2D eigenvalue weighted by Crippen LogP contribution is 2.28. The van der Waals surface area contributed by atoms with Gasteiger partial charge in [-0.2, -0.15) is 0 Å². The predicted molar refractivity (Wildman–Crippen MR) is 91.3 cm³/mol. The molecule has 1 fully saturated rings. The molecule has 2 aromatic rings. The topological polar surface area (TPSA) is 61.7 Å². The van der Waals surface area contributed by atoms with Gasteiger partial charge < -0.3 is 14.7 Å². The van der Waals surface area contributed by atoms with E-state index in [9.17, 15) is 5.11 Å². The maximum absolute atomic E-state index is 10.6. The fraction of sp³-hybridized carbons (Fsp3) is 0.444. The van der Waals surface area contributed by atoms with E-state index < -0.39 is 6.10 Å².